The molecule has 41 heavy (non-hydrogen) atoms. The van der Waals surface area contributed by atoms with Crippen molar-refractivity contribution in [3.05, 3.63) is 64.7 Å². The van der Waals surface area contributed by atoms with Crippen molar-refractivity contribution >= 4 is 31.7 Å². The summed E-state index contributed by atoms with van der Waals surface area (Å²) in [5.41, 5.74) is 4.58. The first-order chi connectivity index (χ1) is 19.7. The minimum atomic E-state index is -4.27. The van der Waals surface area contributed by atoms with E-state index >= 15 is 0 Å². The van der Waals surface area contributed by atoms with Crippen molar-refractivity contribution in [3.63, 3.8) is 0 Å². The van der Waals surface area contributed by atoms with Gasteiger partial charge in [0.1, 0.15) is 0 Å². The number of benzene rings is 4. The molecule has 2 aliphatic rings. The summed E-state index contributed by atoms with van der Waals surface area (Å²) in [5, 5.41) is 4.40. The summed E-state index contributed by atoms with van der Waals surface area (Å²) in [6, 6.07) is 13.5. The molecule has 2 unspecified atom stereocenters. The first-order valence-electron chi connectivity index (χ1n) is 13.7. The van der Waals surface area contributed by atoms with Crippen LogP contribution in [-0.2, 0) is 23.1 Å². The zero-order valence-corrected chi connectivity index (χ0v) is 24.8. The van der Waals surface area contributed by atoms with E-state index in [0.29, 0.717) is 29.0 Å². The molecule has 0 bridgehead atoms. The summed E-state index contributed by atoms with van der Waals surface area (Å²) in [5.74, 6) is 2.88. The Labute approximate surface area is 240 Å². The van der Waals surface area contributed by atoms with Crippen LogP contribution in [0.15, 0.2) is 47.4 Å². The van der Waals surface area contributed by atoms with Crippen LogP contribution in [-0.4, -0.2) is 58.9 Å². The van der Waals surface area contributed by atoms with Crippen molar-refractivity contribution in [3.8, 4) is 23.0 Å². The number of rotatable bonds is 6. The maximum absolute atomic E-state index is 11.9. The summed E-state index contributed by atoms with van der Waals surface area (Å²) < 4.78 is 56.2. The lowest BCUT2D eigenvalue weighted by Gasteiger charge is -2.44. The summed E-state index contributed by atoms with van der Waals surface area (Å²) in [4.78, 5) is 2.48. The van der Waals surface area contributed by atoms with Crippen LogP contribution in [0.5, 0.6) is 23.0 Å². The molecule has 2 heterocycles. The monoisotopic (exact) mass is 577 g/mol. The van der Waals surface area contributed by atoms with Crippen LogP contribution < -0.4 is 18.9 Å². The number of fused-ring (bicyclic) bond motifs is 7. The highest BCUT2D eigenvalue weighted by Crippen LogP contribution is 2.47. The van der Waals surface area contributed by atoms with Gasteiger partial charge in [0.25, 0.3) is 10.1 Å². The van der Waals surface area contributed by atoms with Crippen LogP contribution in [0.2, 0.25) is 0 Å². The first-order valence-corrected chi connectivity index (χ1v) is 15.2. The van der Waals surface area contributed by atoms with Gasteiger partial charge in [0.2, 0.25) is 0 Å². The van der Waals surface area contributed by atoms with Gasteiger partial charge in [-0.2, -0.15) is 8.42 Å². The predicted octanol–water partition coefficient (Wildman–Crippen LogP) is 5.89. The highest BCUT2D eigenvalue weighted by Gasteiger charge is 2.36. The average molecular weight is 578 g/mol. The summed E-state index contributed by atoms with van der Waals surface area (Å²) >= 11 is 0. The minimum Gasteiger partial charge on any atom is -0.493 e. The van der Waals surface area contributed by atoms with Crippen molar-refractivity contribution < 1.29 is 31.9 Å². The Balaban J connectivity index is 1.49. The van der Waals surface area contributed by atoms with E-state index in [4.69, 9.17) is 18.9 Å². The van der Waals surface area contributed by atoms with Crippen LogP contribution >= 0.6 is 0 Å². The predicted molar refractivity (Wildman–Crippen MR) is 159 cm³/mol. The van der Waals surface area contributed by atoms with E-state index in [2.05, 4.69) is 23.1 Å². The summed E-state index contributed by atoms with van der Waals surface area (Å²) in [7, 11) is 2.34. The van der Waals surface area contributed by atoms with Gasteiger partial charge < -0.3 is 18.9 Å². The molecule has 9 heteroatoms. The molecule has 4 aromatic rings. The highest BCUT2D eigenvalue weighted by atomic mass is 32.2. The number of hydrogen-bond donors (Lipinski definition) is 1. The third-order valence-electron chi connectivity index (χ3n) is 8.96. The van der Waals surface area contributed by atoms with E-state index in [0.717, 1.165) is 65.0 Å². The molecule has 1 saturated heterocycles. The lowest BCUT2D eigenvalue weighted by Crippen LogP contribution is -2.46. The molecule has 8 nitrogen and oxygen atoms in total. The average Bonchev–Trinajstić information content (AvgIpc) is 2.98. The fourth-order valence-electron chi connectivity index (χ4n) is 6.88. The molecule has 0 radical (unpaired) electrons. The van der Waals surface area contributed by atoms with E-state index in [-0.39, 0.29) is 10.8 Å². The van der Waals surface area contributed by atoms with Crippen LogP contribution in [0.4, 0.5) is 0 Å². The van der Waals surface area contributed by atoms with E-state index in [1.54, 1.807) is 40.6 Å². The van der Waals surface area contributed by atoms with E-state index in [9.17, 15) is 13.0 Å². The Morgan fingerprint density at radius 1 is 0.756 bits per heavy atom. The second-order valence-corrected chi connectivity index (χ2v) is 12.4. The summed E-state index contributed by atoms with van der Waals surface area (Å²) in [6.45, 7) is 3.56. The standard InChI is InChI=1S/C32H35NO7S/c1-18-6-9-21(41(34,35)36)11-22(18)19-7-8-20-10-23-24-12-29(37-2)30(38-3)13-25(24)26-14-31(39-4)32(40-5)15-27(26)28(23)17-33(20)16-19/h6,9,11-15,19-20H,7-8,10,16-17H2,1-5H3,(H,34,35,36). The van der Waals surface area contributed by atoms with Crippen molar-refractivity contribution in [2.24, 2.45) is 0 Å². The first kappa shape index (κ1) is 27.6. The highest BCUT2D eigenvalue weighted by molar-refractivity contribution is 7.85. The number of nitrogens with zero attached hydrogens (tertiary/aromatic N) is 1. The van der Waals surface area contributed by atoms with Gasteiger partial charge in [-0.3, -0.25) is 9.45 Å². The largest absolute Gasteiger partial charge is 0.493 e. The lowest BCUT2D eigenvalue weighted by molar-refractivity contribution is 0.114. The second kappa shape index (κ2) is 10.4. The summed E-state index contributed by atoms with van der Waals surface area (Å²) in [6.07, 6.45) is 2.82. The maximum atomic E-state index is 11.9. The zero-order valence-electron chi connectivity index (χ0n) is 24.0. The zero-order chi connectivity index (χ0) is 29.1. The normalized spacial score (nSPS) is 19.1. The SMILES string of the molecule is COc1cc2c3c(c4cc(OC)c(OC)cc4c2cc1OC)CN1CC(c2cc(S(=O)(=O)O)ccc2C)CCC1C3. The molecule has 6 rings (SSSR count). The van der Waals surface area contributed by atoms with Gasteiger partial charge in [0, 0.05) is 19.1 Å². The lowest BCUT2D eigenvalue weighted by atomic mass is 9.78. The van der Waals surface area contributed by atoms with Crippen molar-refractivity contribution in [1.29, 1.82) is 0 Å². The molecule has 0 amide bonds. The Bertz CT molecular complexity index is 1780. The Morgan fingerprint density at radius 2 is 1.29 bits per heavy atom. The molecule has 2 aliphatic heterocycles. The molecular formula is C32H35NO7S. The maximum Gasteiger partial charge on any atom is 0.294 e. The van der Waals surface area contributed by atoms with Crippen molar-refractivity contribution in [2.75, 3.05) is 35.0 Å². The number of methoxy groups -OCH3 is 4. The van der Waals surface area contributed by atoms with Gasteiger partial charge in [-0.05, 0) is 112 Å². The van der Waals surface area contributed by atoms with Crippen molar-refractivity contribution in [2.45, 2.75) is 49.6 Å². The fraction of sp³-hybridized carbons (Fsp3) is 0.375. The van der Waals surface area contributed by atoms with Gasteiger partial charge >= 0.3 is 0 Å². The van der Waals surface area contributed by atoms with E-state index in [1.165, 1.54) is 17.2 Å². The molecule has 1 N–H and O–H groups in total. The number of ether oxygens (including phenoxy) is 4. The molecule has 4 aromatic carbocycles. The number of piperidine rings is 1. The molecule has 0 aliphatic carbocycles. The van der Waals surface area contributed by atoms with Crippen LogP contribution in [0.25, 0.3) is 21.5 Å². The quantitative estimate of drug-likeness (QED) is 0.224. The second-order valence-electron chi connectivity index (χ2n) is 11.0. The topological polar surface area (TPSA) is 94.5 Å². The third-order valence-corrected chi connectivity index (χ3v) is 9.81. The van der Waals surface area contributed by atoms with Gasteiger partial charge in [0.15, 0.2) is 23.0 Å². The van der Waals surface area contributed by atoms with Gasteiger partial charge in [-0.25, -0.2) is 0 Å². The van der Waals surface area contributed by atoms with Crippen molar-refractivity contribution in [1.82, 2.24) is 4.90 Å². The molecular weight excluding hydrogens is 542 g/mol. The molecule has 216 valence electrons. The number of aryl methyl sites for hydroxylation is 1. The van der Waals surface area contributed by atoms with Gasteiger partial charge in [-0.15, -0.1) is 0 Å². The fourth-order valence-corrected chi connectivity index (χ4v) is 7.39. The van der Waals surface area contributed by atoms with E-state index in [1.807, 2.05) is 13.0 Å². The van der Waals surface area contributed by atoms with Crippen LogP contribution in [0.3, 0.4) is 0 Å². The Hall–Kier alpha value is -3.53. The minimum absolute atomic E-state index is 0.0490. The molecule has 0 saturated carbocycles. The van der Waals surface area contributed by atoms with Gasteiger partial charge in [-0.1, -0.05) is 6.07 Å². The molecule has 1 fully saturated rings. The Kier molecular flexibility index (Phi) is 7.00. The van der Waals surface area contributed by atoms with Crippen LogP contribution in [0.1, 0.15) is 41.0 Å². The third kappa shape index (κ3) is 4.66. The van der Waals surface area contributed by atoms with Crippen LogP contribution in [0, 0.1) is 6.92 Å². The molecule has 2 atom stereocenters. The Morgan fingerprint density at radius 3 is 1.83 bits per heavy atom. The molecule has 0 aromatic heterocycles. The van der Waals surface area contributed by atoms with E-state index < -0.39 is 10.1 Å². The molecule has 0 spiro atoms. The number of hydrogen-bond acceptors (Lipinski definition) is 7. The van der Waals surface area contributed by atoms with Gasteiger partial charge in [0.05, 0.1) is 33.3 Å². The smallest absolute Gasteiger partial charge is 0.294 e.